The van der Waals surface area contributed by atoms with Crippen LogP contribution in [0.2, 0.25) is 0 Å². The Hall–Kier alpha value is -1.44. The maximum absolute atomic E-state index is 13.0. The molecule has 0 aliphatic heterocycles. The van der Waals surface area contributed by atoms with Crippen molar-refractivity contribution in [2.75, 3.05) is 0 Å². The first-order chi connectivity index (χ1) is 8.20. The highest BCUT2D eigenvalue weighted by molar-refractivity contribution is 6.04. The second-order valence-electron chi connectivity index (χ2n) is 4.64. The summed E-state index contributed by atoms with van der Waals surface area (Å²) in [6.45, 7) is 3.47. The van der Waals surface area contributed by atoms with E-state index < -0.39 is 6.17 Å². The third-order valence-electron chi connectivity index (χ3n) is 3.51. The average molecular weight is 232 g/mol. The topological polar surface area (TPSA) is 17.1 Å². The summed E-state index contributed by atoms with van der Waals surface area (Å²) >= 11 is 0. The van der Waals surface area contributed by atoms with Gasteiger partial charge in [-0.1, -0.05) is 30.8 Å². The molecule has 0 spiro atoms. The van der Waals surface area contributed by atoms with E-state index in [2.05, 4.69) is 6.58 Å². The molecule has 0 N–H and O–H groups in total. The molecule has 0 unspecified atom stereocenters. The van der Waals surface area contributed by atoms with Crippen LogP contribution in [0.25, 0.3) is 0 Å². The van der Waals surface area contributed by atoms with Crippen molar-refractivity contribution in [3.8, 4) is 0 Å². The van der Waals surface area contributed by atoms with Crippen molar-refractivity contribution in [3.63, 3.8) is 0 Å². The second kappa shape index (κ2) is 5.26. The Kier molecular flexibility index (Phi) is 3.72. The van der Waals surface area contributed by atoms with Gasteiger partial charge in [0.05, 0.1) is 0 Å². The molecule has 0 bridgehead atoms. The number of alkyl halides is 1. The first-order valence-electron chi connectivity index (χ1n) is 6.11. The average Bonchev–Trinajstić information content (AvgIpc) is 2.39. The van der Waals surface area contributed by atoms with E-state index in [1.54, 1.807) is 0 Å². The van der Waals surface area contributed by atoms with Crippen LogP contribution in [-0.4, -0.2) is 12.0 Å². The van der Waals surface area contributed by atoms with Gasteiger partial charge in [0, 0.05) is 5.56 Å². The number of ketones is 1. The molecule has 0 saturated heterocycles. The first kappa shape index (κ1) is 12.0. The third-order valence-corrected chi connectivity index (χ3v) is 3.51. The Morgan fingerprint density at radius 2 is 1.76 bits per heavy atom. The van der Waals surface area contributed by atoms with Crippen LogP contribution in [0.4, 0.5) is 4.39 Å². The van der Waals surface area contributed by atoms with Crippen LogP contribution in [-0.2, 0) is 0 Å². The Balaban J connectivity index is 2.07. The van der Waals surface area contributed by atoms with E-state index in [9.17, 15) is 9.18 Å². The van der Waals surface area contributed by atoms with Gasteiger partial charge in [0.25, 0.3) is 0 Å². The van der Waals surface area contributed by atoms with E-state index in [0.717, 1.165) is 12.8 Å². The zero-order chi connectivity index (χ0) is 12.3. The minimum Gasteiger partial charge on any atom is -0.289 e. The van der Waals surface area contributed by atoms with E-state index in [1.165, 1.54) is 11.6 Å². The predicted molar refractivity (Wildman–Crippen MR) is 67.1 cm³/mol. The molecule has 1 aromatic rings. The Morgan fingerprint density at radius 1 is 1.18 bits per heavy atom. The van der Waals surface area contributed by atoms with Gasteiger partial charge >= 0.3 is 0 Å². The molecule has 0 radical (unpaired) electrons. The number of carbonyl (C=O) groups is 1. The van der Waals surface area contributed by atoms with Crippen molar-refractivity contribution in [2.24, 2.45) is 0 Å². The molecule has 1 aromatic carbocycles. The molecule has 2 heteroatoms. The van der Waals surface area contributed by atoms with Crippen molar-refractivity contribution < 1.29 is 9.18 Å². The summed E-state index contributed by atoms with van der Waals surface area (Å²) in [5.41, 5.74) is 1.89. The maximum atomic E-state index is 13.0. The molecule has 17 heavy (non-hydrogen) atoms. The summed E-state index contributed by atoms with van der Waals surface area (Å²) in [4.78, 5) is 11.4. The summed E-state index contributed by atoms with van der Waals surface area (Å²) < 4.78 is 13.0. The van der Waals surface area contributed by atoms with Crippen molar-refractivity contribution in [2.45, 2.75) is 37.8 Å². The fourth-order valence-corrected chi connectivity index (χ4v) is 2.42. The monoisotopic (exact) mass is 232 g/mol. The molecule has 2 rings (SSSR count). The van der Waals surface area contributed by atoms with E-state index in [-0.39, 0.29) is 5.78 Å². The van der Waals surface area contributed by atoms with E-state index in [0.29, 0.717) is 24.3 Å². The standard InChI is InChI=1S/C15H17FO/c1-2-15(17)13-5-3-11(4-6-13)12-7-9-14(16)10-8-12/h2-6,12,14H,1,7-10H2. The number of allylic oxidation sites excluding steroid dienone is 1. The van der Waals surface area contributed by atoms with Crippen molar-refractivity contribution >= 4 is 5.78 Å². The number of halogens is 1. The predicted octanol–water partition coefficient (Wildman–Crippen LogP) is 4.05. The van der Waals surface area contributed by atoms with Gasteiger partial charge in [-0.05, 0) is 43.2 Å². The van der Waals surface area contributed by atoms with Gasteiger partial charge in [-0.3, -0.25) is 4.79 Å². The Bertz CT molecular complexity index is 399. The normalized spacial score (nSPS) is 24.3. The van der Waals surface area contributed by atoms with Crippen LogP contribution in [0.5, 0.6) is 0 Å². The highest BCUT2D eigenvalue weighted by atomic mass is 19.1. The van der Waals surface area contributed by atoms with Crippen LogP contribution >= 0.6 is 0 Å². The summed E-state index contributed by atoms with van der Waals surface area (Å²) in [7, 11) is 0. The summed E-state index contributed by atoms with van der Waals surface area (Å²) in [5, 5.41) is 0. The number of hydrogen-bond donors (Lipinski definition) is 0. The Morgan fingerprint density at radius 3 is 2.29 bits per heavy atom. The summed E-state index contributed by atoms with van der Waals surface area (Å²) in [6.07, 6.45) is 3.86. The number of hydrogen-bond acceptors (Lipinski definition) is 1. The highest BCUT2D eigenvalue weighted by Crippen LogP contribution is 2.34. The van der Waals surface area contributed by atoms with Crippen molar-refractivity contribution in [3.05, 3.63) is 48.0 Å². The molecule has 0 aromatic heterocycles. The molecule has 1 fully saturated rings. The van der Waals surface area contributed by atoms with Gasteiger partial charge in [-0.15, -0.1) is 0 Å². The molecule has 1 aliphatic carbocycles. The van der Waals surface area contributed by atoms with Crippen LogP contribution in [0, 0.1) is 0 Å². The van der Waals surface area contributed by atoms with Crippen molar-refractivity contribution in [1.29, 1.82) is 0 Å². The van der Waals surface area contributed by atoms with Gasteiger partial charge < -0.3 is 0 Å². The lowest BCUT2D eigenvalue weighted by Gasteiger charge is -2.24. The van der Waals surface area contributed by atoms with Gasteiger partial charge in [-0.2, -0.15) is 0 Å². The largest absolute Gasteiger partial charge is 0.289 e. The zero-order valence-electron chi connectivity index (χ0n) is 9.86. The molecule has 0 heterocycles. The van der Waals surface area contributed by atoms with Gasteiger partial charge in [0.15, 0.2) is 5.78 Å². The highest BCUT2D eigenvalue weighted by Gasteiger charge is 2.21. The third kappa shape index (κ3) is 2.82. The van der Waals surface area contributed by atoms with Gasteiger partial charge in [0.2, 0.25) is 0 Å². The molecule has 1 aliphatic rings. The molecular formula is C15H17FO. The minimum absolute atomic E-state index is 0.0518. The SMILES string of the molecule is C=CC(=O)c1ccc(C2CCC(F)CC2)cc1. The fraction of sp³-hybridized carbons (Fsp3) is 0.400. The molecule has 1 saturated carbocycles. The van der Waals surface area contributed by atoms with Crippen LogP contribution in [0.1, 0.15) is 47.5 Å². The van der Waals surface area contributed by atoms with E-state index in [4.69, 9.17) is 0 Å². The Labute approximate surface area is 101 Å². The molecule has 0 atom stereocenters. The second-order valence-corrected chi connectivity index (χ2v) is 4.64. The van der Waals surface area contributed by atoms with E-state index in [1.807, 2.05) is 24.3 Å². The summed E-state index contributed by atoms with van der Waals surface area (Å²) in [5.74, 6) is 0.402. The zero-order valence-corrected chi connectivity index (χ0v) is 9.86. The van der Waals surface area contributed by atoms with Gasteiger partial charge in [0.1, 0.15) is 6.17 Å². The van der Waals surface area contributed by atoms with Crippen molar-refractivity contribution in [1.82, 2.24) is 0 Å². The number of rotatable bonds is 3. The number of benzene rings is 1. The van der Waals surface area contributed by atoms with Crippen LogP contribution in [0.3, 0.4) is 0 Å². The number of carbonyl (C=O) groups excluding carboxylic acids is 1. The smallest absolute Gasteiger partial charge is 0.185 e. The van der Waals surface area contributed by atoms with Crippen LogP contribution < -0.4 is 0 Å². The lowest BCUT2D eigenvalue weighted by Crippen LogP contribution is -2.13. The maximum Gasteiger partial charge on any atom is 0.185 e. The molecule has 90 valence electrons. The van der Waals surface area contributed by atoms with Gasteiger partial charge in [-0.25, -0.2) is 4.39 Å². The quantitative estimate of drug-likeness (QED) is 0.567. The minimum atomic E-state index is -0.618. The molecule has 1 nitrogen and oxygen atoms in total. The summed E-state index contributed by atoms with van der Waals surface area (Å²) in [6, 6.07) is 7.64. The lowest BCUT2D eigenvalue weighted by atomic mass is 9.83. The fourth-order valence-electron chi connectivity index (χ4n) is 2.42. The van der Waals surface area contributed by atoms with Crippen LogP contribution in [0.15, 0.2) is 36.9 Å². The lowest BCUT2D eigenvalue weighted by molar-refractivity contribution is 0.104. The molecular weight excluding hydrogens is 215 g/mol. The first-order valence-corrected chi connectivity index (χ1v) is 6.11. The molecule has 0 amide bonds. The van der Waals surface area contributed by atoms with E-state index >= 15 is 0 Å².